The average Bonchev–Trinajstić information content (AvgIpc) is 2.67. The fourth-order valence-corrected chi connectivity index (χ4v) is 2.67. The molecule has 0 amide bonds. The topological polar surface area (TPSA) is 42.4 Å². The minimum atomic E-state index is -4.85. The Morgan fingerprint density at radius 1 is 0.833 bits per heavy atom. The molecule has 1 unspecified atom stereocenters. The Hall–Kier alpha value is -3.14. The van der Waals surface area contributed by atoms with Crippen molar-refractivity contribution in [2.24, 2.45) is 0 Å². The van der Waals surface area contributed by atoms with Gasteiger partial charge in [-0.25, -0.2) is 8.78 Å². The molecule has 0 aliphatic carbocycles. The second-order valence-corrected chi connectivity index (χ2v) is 6.20. The Kier molecular flexibility index (Phi) is 5.71. The molecular formula is C20H12F7NO2. The maximum Gasteiger partial charge on any atom is 0.573 e. The summed E-state index contributed by atoms with van der Waals surface area (Å²) >= 11 is 0. The summed E-state index contributed by atoms with van der Waals surface area (Å²) < 4.78 is 96.1. The number of hydrogen-bond acceptors (Lipinski definition) is 3. The molecule has 3 aromatic rings. The van der Waals surface area contributed by atoms with E-state index in [1.54, 1.807) is 0 Å². The molecule has 1 heterocycles. The van der Waals surface area contributed by atoms with Crippen molar-refractivity contribution in [3.8, 4) is 16.9 Å². The molecule has 0 aliphatic heterocycles. The highest BCUT2D eigenvalue weighted by Crippen LogP contribution is 2.40. The lowest BCUT2D eigenvalue weighted by Crippen LogP contribution is -2.25. The molecule has 1 aromatic heterocycles. The SMILES string of the molecule is OC(c1ccc(F)cc1F)C(F)(F)c1ccc(-c2ccc(OC(F)(F)F)cc2)cn1. The first-order valence-corrected chi connectivity index (χ1v) is 8.31. The molecule has 158 valence electrons. The van der Waals surface area contributed by atoms with Crippen LogP contribution in [0.4, 0.5) is 30.7 Å². The van der Waals surface area contributed by atoms with Crippen molar-refractivity contribution in [2.75, 3.05) is 0 Å². The molecule has 0 saturated carbocycles. The summed E-state index contributed by atoms with van der Waals surface area (Å²) in [5.74, 6) is -6.77. The average molecular weight is 431 g/mol. The summed E-state index contributed by atoms with van der Waals surface area (Å²) in [7, 11) is 0. The van der Waals surface area contributed by atoms with Crippen LogP contribution in [0.25, 0.3) is 11.1 Å². The molecule has 0 fully saturated rings. The van der Waals surface area contributed by atoms with Gasteiger partial charge in [-0.15, -0.1) is 13.2 Å². The standard InChI is InChI=1S/C20H12F7NO2/c21-13-4-7-15(16(22)9-13)18(29)19(23,24)17-8-3-12(10-28-17)11-1-5-14(6-2-11)30-20(25,26)27/h1-10,18,29H. The number of hydrogen-bond donors (Lipinski definition) is 1. The molecule has 0 aliphatic rings. The molecule has 2 aromatic carbocycles. The van der Waals surface area contributed by atoms with Gasteiger partial charge in [0.05, 0.1) is 0 Å². The number of pyridine rings is 1. The number of aromatic nitrogens is 1. The van der Waals surface area contributed by atoms with Crippen molar-refractivity contribution >= 4 is 0 Å². The second-order valence-electron chi connectivity index (χ2n) is 6.20. The number of ether oxygens (including phenoxy) is 1. The highest BCUT2D eigenvalue weighted by molar-refractivity contribution is 5.63. The monoisotopic (exact) mass is 431 g/mol. The summed E-state index contributed by atoms with van der Waals surface area (Å²) in [5.41, 5.74) is -1.00. The number of benzene rings is 2. The van der Waals surface area contributed by atoms with Crippen molar-refractivity contribution in [3.05, 3.63) is 83.7 Å². The first kappa shape index (κ1) is 21.6. The van der Waals surface area contributed by atoms with Crippen molar-refractivity contribution in [1.82, 2.24) is 4.98 Å². The quantitative estimate of drug-likeness (QED) is 0.523. The van der Waals surface area contributed by atoms with Gasteiger partial charge in [-0.1, -0.05) is 24.3 Å². The van der Waals surface area contributed by atoms with E-state index in [0.717, 1.165) is 30.5 Å². The first-order valence-electron chi connectivity index (χ1n) is 8.31. The Morgan fingerprint density at radius 3 is 2.00 bits per heavy atom. The van der Waals surface area contributed by atoms with Gasteiger partial charge in [-0.3, -0.25) is 4.98 Å². The number of nitrogens with zero attached hydrogens (tertiary/aromatic N) is 1. The third kappa shape index (κ3) is 4.70. The van der Waals surface area contributed by atoms with E-state index in [0.29, 0.717) is 23.3 Å². The minimum absolute atomic E-state index is 0.301. The van der Waals surface area contributed by atoms with Crippen molar-refractivity contribution in [3.63, 3.8) is 0 Å². The van der Waals surface area contributed by atoms with E-state index in [-0.39, 0.29) is 0 Å². The fraction of sp³-hybridized carbons (Fsp3) is 0.150. The van der Waals surface area contributed by atoms with Gasteiger partial charge in [-0.05, 0) is 29.8 Å². The fourth-order valence-electron chi connectivity index (χ4n) is 2.67. The largest absolute Gasteiger partial charge is 0.573 e. The normalized spacial score (nSPS) is 13.2. The van der Waals surface area contributed by atoms with Crippen LogP contribution >= 0.6 is 0 Å². The summed E-state index contributed by atoms with van der Waals surface area (Å²) in [4.78, 5) is 3.58. The lowest BCUT2D eigenvalue weighted by molar-refractivity contribution is -0.274. The first-order chi connectivity index (χ1) is 14.0. The van der Waals surface area contributed by atoms with Gasteiger partial charge < -0.3 is 9.84 Å². The van der Waals surface area contributed by atoms with Crippen LogP contribution < -0.4 is 4.74 Å². The van der Waals surface area contributed by atoms with E-state index in [4.69, 9.17) is 0 Å². The van der Waals surface area contributed by atoms with Gasteiger partial charge in [-0.2, -0.15) is 8.78 Å². The Morgan fingerprint density at radius 2 is 1.47 bits per heavy atom. The van der Waals surface area contributed by atoms with Crippen LogP contribution in [0.1, 0.15) is 17.4 Å². The molecule has 0 saturated heterocycles. The van der Waals surface area contributed by atoms with Crippen LogP contribution in [0.15, 0.2) is 60.8 Å². The zero-order chi connectivity index (χ0) is 22.1. The number of aliphatic hydroxyl groups excluding tert-OH is 1. The highest BCUT2D eigenvalue weighted by atomic mass is 19.4. The lowest BCUT2D eigenvalue weighted by Gasteiger charge is -2.23. The van der Waals surface area contributed by atoms with E-state index in [2.05, 4.69) is 9.72 Å². The molecule has 3 rings (SSSR count). The Balaban J connectivity index is 1.82. The zero-order valence-electron chi connectivity index (χ0n) is 14.8. The van der Waals surface area contributed by atoms with Gasteiger partial charge in [0.25, 0.3) is 0 Å². The summed E-state index contributed by atoms with van der Waals surface area (Å²) in [6.07, 6.45) is -6.44. The summed E-state index contributed by atoms with van der Waals surface area (Å²) in [6, 6.07) is 8.57. The maximum absolute atomic E-state index is 14.6. The third-order valence-corrected chi connectivity index (χ3v) is 4.13. The van der Waals surface area contributed by atoms with Crippen molar-refractivity contribution in [2.45, 2.75) is 18.4 Å². The molecule has 30 heavy (non-hydrogen) atoms. The maximum atomic E-state index is 14.6. The number of alkyl halides is 5. The van der Waals surface area contributed by atoms with Gasteiger partial charge >= 0.3 is 12.3 Å². The molecule has 1 atom stereocenters. The smallest absolute Gasteiger partial charge is 0.406 e. The molecule has 0 spiro atoms. The Bertz CT molecular complexity index is 1020. The van der Waals surface area contributed by atoms with Gasteiger partial charge in [0.15, 0.2) is 6.10 Å². The minimum Gasteiger partial charge on any atom is -0.406 e. The van der Waals surface area contributed by atoms with E-state index in [1.807, 2.05) is 0 Å². The number of aliphatic hydroxyl groups is 1. The van der Waals surface area contributed by atoms with Crippen LogP contribution in [-0.4, -0.2) is 16.5 Å². The number of halogens is 7. The van der Waals surface area contributed by atoms with E-state index < -0.39 is 47.0 Å². The Labute approximate surface area is 165 Å². The molecule has 3 nitrogen and oxygen atoms in total. The van der Waals surface area contributed by atoms with Crippen molar-refractivity contribution < 1.29 is 40.6 Å². The van der Waals surface area contributed by atoms with Crippen LogP contribution in [0.2, 0.25) is 0 Å². The summed E-state index contributed by atoms with van der Waals surface area (Å²) in [5, 5.41) is 9.92. The van der Waals surface area contributed by atoms with Crippen LogP contribution in [0.3, 0.4) is 0 Å². The van der Waals surface area contributed by atoms with Crippen LogP contribution in [0.5, 0.6) is 5.75 Å². The molecular weight excluding hydrogens is 419 g/mol. The molecule has 0 bridgehead atoms. The molecule has 1 N–H and O–H groups in total. The van der Waals surface area contributed by atoms with E-state index in [1.165, 1.54) is 18.2 Å². The third-order valence-electron chi connectivity index (χ3n) is 4.13. The van der Waals surface area contributed by atoms with E-state index >= 15 is 0 Å². The summed E-state index contributed by atoms with van der Waals surface area (Å²) in [6.45, 7) is 0. The zero-order valence-corrected chi connectivity index (χ0v) is 14.8. The van der Waals surface area contributed by atoms with Crippen LogP contribution in [0, 0.1) is 11.6 Å². The lowest BCUT2D eigenvalue weighted by atomic mass is 9.99. The highest BCUT2D eigenvalue weighted by Gasteiger charge is 2.44. The van der Waals surface area contributed by atoms with Crippen LogP contribution in [-0.2, 0) is 5.92 Å². The number of rotatable bonds is 5. The molecule has 0 radical (unpaired) electrons. The van der Waals surface area contributed by atoms with Gasteiger partial charge in [0.1, 0.15) is 23.1 Å². The predicted octanol–water partition coefficient (Wildman–Crippen LogP) is 5.75. The van der Waals surface area contributed by atoms with Crippen molar-refractivity contribution in [1.29, 1.82) is 0 Å². The molecule has 10 heteroatoms. The van der Waals surface area contributed by atoms with E-state index in [9.17, 15) is 35.8 Å². The van der Waals surface area contributed by atoms with Gasteiger partial charge in [0.2, 0.25) is 0 Å². The predicted molar refractivity (Wildman–Crippen MR) is 91.6 cm³/mol. The van der Waals surface area contributed by atoms with Gasteiger partial charge in [0, 0.05) is 23.4 Å². The second kappa shape index (κ2) is 7.94.